The van der Waals surface area contributed by atoms with E-state index in [0.29, 0.717) is 36.1 Å². The van der Waals surface area contributed by atoms with Gasteiger partial charge in [-0.05, 0) is 71.5 Å². The predicted molar refractivity (Wildman–Crippen MR) is 137 cm³/mol. The summed E-state index contributed by atoms with van der Waals surface area (Å²) in [5, 5.41) is 0. The first-order valence-electron chi connectivity index (χ1n) is 12.2. The summed E-state index contributed by atoms with van der Waals surface area (Å²) >= 11 is 0. The number of amides is 1. The Balaban J connectivity index is 0.000000298. The van der Waals surface area contributed by atoms with E-state index in [1.54, 1.807) is 19.1 Å². The first kappa shape index (κ1) is 31.3. The molecule has 4 rings (SSSR count). The quantitative estimate of drug-likeness (QED) is 0.234. The highest BCUT2D eigenvalue weighted by atomic mass is 19.4. The van der Waals surface area contributed by atoms with Crippen LogP contribution in [0.5, 0.6) is 0 Å². The number of hydrogen-bond donors (Lipinski definition) is 1. The van der Waals surface area contributed by atoms with Gasteiger partial charge in [0.2, 0.25) is 5.91 Å². The molecule has 1 amide bonds. The normalized spacial score (nSPS) is 12.3. The molecule has 0 aliphatic heterocycles. The fourth-order valence-corrected chi connectivity index (χ4v) is 4.04. The van der Waals surface area contributed by atoms with Gasteiger partial charge in [0.15, 0.2) is 0 Å². The molecule has 216 valence electrons. The van der Waals surface area contributed by atoms with E-state index in [2.05, 4.69) is 4.98 Å². The Labute approximate surface area is 230 Å². The summed E-state index contributed by atoms with van der Waals surface area (Å²) in [5.41, 5.74) is 4.93. The molecule has 0 bridgehead atoms. The molecular formula is C30H24F8N2O. The van der Waals surface area contributed by atoms with E-state index in [1.165, 1.54) is 6.07 Å². The van der Waals surface area contributed by atoms with Crippen molar-refractivity contribution >= 4 is 5.91 Å². The fraction of sp³-hybridized carbons (Fsp3) is 0.200. The Bertz CT molecular complexity index is 1470. The highest BCUT2D eigenvalue weighted by Crippen LogP contribution is 2.36. The number of primary amides is 1. The van der Waals surface area contributed by atoms with E-state index in [4.69, 9.17) is 5.73 Å². The minimum Gasteiger partial charge on any atom is -0.366 e. The number of carbonyl (C=O) groups excluding carboxylic acids is 1. The molecule has 0 fully saturated rings. The average Bonchev–Trinajstić information content (AvgIpc) is 2.92. The highest BCUT2D eigenvalue weighted by molar-refractivity contribution is 5.92. The monoisotopic (exact) mass is 580 g/mol. The molecule has 3 nitrogen and oxygen atoms in total. The zero-order chi connectivity index (χ0) is 30.4. The van der Waals surface area contributed by atoms with Crippen molar-refractivity contribution in [3.8, 4) is 0 Å². The number of hydrogen-bond acceptors (Lipinski definition) is 2. The van der Waals surface area contributed by atoms with Crippen LogP contribution in [0.15, 0.2) is 85.1 Å². The molecule has 0 saturated heterocycles. The number of benzene rings is 3. The van der Waals surface area contributed by atoms with E-state index < -0.39 is 41.3 Å². The van der Waals surface area contributed by atoms with Crippen LogP contribution >= 0.6 is 0 Å². The second-order valence-corrected chi connectivity index (χ2v) is 9.01. The summed E-state index contributed by atoms with van der Waals surface area (Å²) < 4.78 is 103. The van der Waals surface area contributed by atoms with Crippen LogP contribution in [0.3, 0.4) is 0 Å². The Hall–Kier alpha value is -4.28. The van der Waals surface area contributed by atoms with Gasteiger partial charge in [0.05, 0.1) is 11.1 Å². The maximum Gasteiger partial charge on any atom is 0.433 e. The summed E-state index contributed by atoms with van der Waals surface area (Å²) in [4.78, 5) is 13.5. The largest absolute Gasteiger partial charge is 0.433 e. The maximum absolute atomic E-state index is 14.0. The molecule has 3 aromatic carbocycles. The van der Waals surface area contributed by atoms with Crippen molar-refractivity contribution in [3.63, 3.8) is 0 Å². The van der Waals surface area contributed by atoms with Crippen LogP contribution in [-0.2, 0) is 25.2 Å². The molecule has 0 radical (unpaired) electrons. The number of nitrogens with two attached hydrogens (primary N) is 1. The van der Waals surface area contributed by atoms with Crippen molar-refractivity contribution in [3.05, 3.63) is 136 Å². The number of pyridine rings is 1. The Morgan fingerprint density at radius 1 is 0.829 bits per heavy atom. The van der Waals surface area contributed by atoms with Gasteiger partial charge in [0.25, 0.3) is 0 Å². The molecule has 0 spiro atoms. The highest BCUT2D eigenvalue weighted by Gasteiger charge is 2.33. The summed E-state index contributed by atoms with van der Waals surface area (Å²) in [5.74, 6) is -2.65. The molecule has 0 unspecified atom stereocenters. The standard InChI is InChI=1S/C23H19F5.C7H5F3N2O/c1-2-16-11-17(8-9-22(16)25)21(10-15-6-4-3-5-7-15)18-12-19(23(26,27)28)14-20(24)13-18;8-7(9,10)5-2-1-4(3-12-5)6(11)13/h3-9,11-14,21H,2,10H2,1H3;1-3H,(H2,11,13)/t21-;/m0./s1. The molecule has 1 heterocycles. The second kappa shape index (κ2) is 12.9. The Morgan fingerprint density at radius 2 is 1.51 bits per heavy atom. The van der Waals surface area contributed by atoms with Gasteiger partial charge in [-0.15, -0.1) is 0 Å². The lowest BCUT2D eigenvalue weighted by atomic mass is 9.84. The van der Waals surface area contributed by atoms with Gasteiger partial charge < -0.3 is 5.73 Å². The molecule has 41 heavy (non-hydrogen) atoms. The lowest BCUT2D eigenvalue weighted by Gasteiger charge is -2.21. The predicted octanol–water partition coefficient (Wildman–Crippen LogP) is 8.12. The molecular weight excluding hydrogens is 556 g/mol. The topological polar surface area (TPSA) is 56.0 Å². The van der Waals surface area contributed by atoms with E-state index >= 15 is 0 Å². The molecule has 1 aromatic heterocycles. The Kier molecular flexibility index (Phi) is 9.85. The number of aromatic nitrogens is 1. The van der Waals surface area contributed by atoms with Crippen molar-refractivity contribution in [2.75, 3.05) is 0 Å². The van der Waals surface area contributed by atoms with Gasteiger partial charge in [0, 0.05) is 12.1 Å². The summed E-state index contributed by atoms with van der Waals surface area (Å²) in [6, 6.07) is 18.0. The van der Waals surface area contributed by atoms with Crippen LogP contribution in [0.2, 0.25) is 0 Å². The van der Waals surface area contributed by atoms with Crippen molar-refractivity contribution < 1.29 is 39.9 Å². The average molecular weight is 581 g/mol. The van der Waals surface area contributed by atoms with Crippen LogP contribution in [-0.4, -0.2) is 10.9 Å². The van der Waals surface area contributed by atoms with Gasteiger partial charge in [-0.1, -0.05) is 49.4 Å². The number of nitrogens with zero attached hydrogens (tertiary/aromatic N) is 1. The van der Waals surface area contributed by atoms with Crippen molar-refractivity contribution in [2.45, 2.75) is 38.0 Å². The molecule has 0 aliphatic carbocycles. The van der Waals surface area contributed by atoms with E-state index in [0.717, 1.165) is 30.0 Å². The van der Waals surface area contributed by atoms with Crippen LogP contribution in [0.4, 0.5) is 35.1 Å². The third kappa shape index (κ3) is 8.60. The van der Waals surface area contributed by atoms with Gasteiger partial charge >= 0.3 is 12.4 Å². The number of carbonyl (C=O) groups is 1. The van der Waals surface area contributed by atoms with E-state index in [1.807, 2.05) is 30.3 Å². The number of halogens is 8. The third-order valence-corrected chi connectivity index (χ3v) is 6.12. The van der Waals surface area contributed by atoms with Gasteiger partial charge in [0.1, 0.15) is 17.3 Å². The molecule has 1 atom stereocenters. The summed E-state index contributed by atoms with van der Waals surface area (Å²) in [6.07, 6.45) is -7.52. The molecule has 11 heteroatoms. The van der Waals surface area contributed by atoms with Crippen molar-refractivity contribution in [1.82, 2.24) is 4.98 Å². The number of rotatable bonds is 6. The second-order valence-electron chi connectivity index (χ2n) is 9.01. The van der Waals surface area contributed by atoms with Gasteiger partial charge in [-0.25, -0.2) is 8.78 Å². The smallest absolute Gasteiger partial charge is 0.366 e. The lowest BCUT2D eigenvalue weighted by Crippen LogP contribution is -2.13. The summed E-state index contributed by atoms with van der Waals surface area (Å²) in [6.45, 7) is 1.80. The lowest BCUT2D eigenvalue weighted by molar-refractivity contribution is -0.141. The zero-order valence-electron chi connectivity index (χ0n) is 21.5. The first-order valence-corrected chi connectivity index (χ1v) is 12.2. The van der Waals surface area contributed by atoms with E-state index in [9.17, 15) is 39.9 Å². The SMILES string of the molecule is CCc1cc([C@H](Cc2ccccc2)c2cc(F)cc(C(F)(F)F)c2)ccc1F.NC(=O)c1ccc(C(F)(F)F)nc1. The molecule has 0 saturated carbocycles. The van der Waals surface area contributed by atoms with Crippen LogP contribution in [0.1, 0.15) is 56.7 Å². The number of aryl methyl sites for hydroxylation is 1. The molecule has 2 N–H and O–H groups in total. The van der Waals surface area contributed by atoms with Crippen LogP contribution < -0.4 is 5.73 Å². The third-order valence-electron chi connectivity index (χ3n) is 6.12. The van der Waals surface area contributed by atoms with Gasteiger partial charge in [-0.3, -0.25) is 9.78 Å². The summed E-state index contributed by atoms with van der Waals surface area (Å²) in [7, 11) is 0. The number of alkyl halides is 6. The minimum absolute atomic E-state index is 0.0481. The first-order chi connectivity index (χ1) is 19.2. The maximum atomic E-state index is 14.0. The van der Waals surface area contributed by atoms with Crippen molar-refractivity contribution in [2.24, 2.45) is 5.73 Å². The molecule has 0 aliphatic rings. The minimum atomic E-state index is -4.65. The Morgan fingerprint density at radius 3 is 2.05 bits per heavy atom. The molecule has 4 aromatic rings. The van der Waals surface area contributed by atoms with Gasteiger partial charge in [-0.2, -0.15) is 26.3 Å². The van der Waals surface area contributed by atoms with Crippen molar-refractivity contribution in [1.29, 1.82) is 0 Å². The fourth-order valence-electron chi connectivity index (χ4n) is 4.04. The zero-order valence-corrected chi connectivity index (χ0v) is 21.5. The van der Waals surface area contributed by atoms with E-state index in [-0.39, 0.29) is 16.9 Å². The van der Waals surface area contributed by atoms with Crippen LogP contribution in [0.25, 0.3) is 0 Å². The van der Waals surface area contributed by atoms with Crippen LogP contribution in [0, 0.1) is 11.6 Å².